The Bertz CT molecular complexity index is 1240. The Balaban J connectivity index is 1.64. The van der Waals surface area contributed by atoms with Crippen LogP contribution >= 0.6 is 0 Å². The monoisotopic (exact) mass is 401 g/mol. The van der Waals surface area contributed by atoms with Crippen LogP contribution < -0.4 is 16.5 Å². The normalized spacial score (nSPS) is 10.9. The molecule has 150 valence electrons. The molecule has 4 rings (SSSR count). The number of anilines is 1. The number of pyridine rings is 1. The van der Waals surface area contributed by atoms with Crippen molar-refractivity contribution in [2.24, 2.45) is 5.73 Å². The van der Waals surface area contributed by atoms with Gasteiger partial charge in [-0.3, -0.25) is 4.79 Å². The molecule has 0 atom stereocenters. The van der Waals surface area contributed by atoms with Crippen LogP contribution in [0.1, 0.15) is 21.5 Å². The Morgan fingerprint density at radius 1 is 1.20 bits per heavy atom. The van der Waals surface area contributed by atoms with Gasteiger partial charge in [-0.25, -0.2) is 9.97 Å². The van der Waals surface area contributed by atoms with Gasteiger partial charge in [-0.15, -0.1) is 0 Å². The minimum atomic E-state index is -1.51. The quantitative estimate of drug-likeness (QED) is 0.359. The van der Waals surface area contributed by atoms with Gasteiger partial charge in [0.2, 0.25) is 0 Å². The molecule has 0 aliphatic rings. The first-order chi connectivity index (χ1) is 14.4. The van der Waals surface area contributed by atoms with E-state index in [2.05, 4.69) is 15.3 Å². The molecule has 9 heteroatoms. The third-order valence-electron chi connectivity index (χ3n) is 4.86. The summed E-state index contributed by atoms with van der Waals surface area (Å²) in [5.74, 6) is 0.644. The lowest BCUT2D eigenvalue weighted by Crippen LogP contribution is -2.30. The number of hydrogen-bond donors (Lipinski definition) is 4. The molecule has 8 nitrogen and oxygen atoms in total. The van der Waals surface area contributed by atoms with Crippen molar-refractivity contribution in [3.63, 3.8) is 0 Å². The molecule has 0 fully saturated rings. The van der Waals surface area contributed by atoms with E-state index in [1.165, 1.54) is 0 Å². The highest BCUT2D eigenvalue weighted by molar-refractivity contribution is 6.58. The summed E-state index contributed by atoms with van der Waals surface area (Å²) in [6.45, 7) is 2.39. The van der Waals surface area contributed by atoms with Crippen LogP contribution in [0.15, 0.2) is 60.9 Å². The Kier molecular flexibility index (Phi) is 5.22. The number of carbonyl (C=O) groups is 1. The lowest BCUT2D eigenvalue weighted by molar-refractivity contribution is 0.100. The molecular formula is C21H20BN5O3. The van der Waals surface area contributed by atoms with Gasteiger partial charge in [-0.1, -0.05) is 24.3 Å². The van der Waals surface area contributed by atoms with Crippen molar-refractivity contribution < 1.29 is 14.8 Å². The lowest BCUT2D eigenvalue weighted by Gasteiger charge is -2.09. The average molecular weight is 401 g/mol. The molecule has 5 N–H and O–H groups in total. The molecule has 0 unspecified atom stereocenters. The van der Waals surface area contributed by atoms with E-state index in [-0.39, 0.29) is 0 Å². The van der Waals surface area contributed by atoms with E-state index >= 15 is 0 Å². The van der Waals surface area contributed by atoms with E-state index in [1.54, 1.807) is 42.6 Å². The number of primary amides is 1. The van der Waals surface area contributed by atoms with Crippen molar-refractivity contribution in [3.05, 3.63) is 77.6 Å². The van der Waals surface area contributed by atoms with Gasteiger partial charge >= 0.3 is 7.12 Å². The predicted molar refractivity (Wildman–Crippen MR) is 115 cm³/mol. The highest BCUT2D eigenvalue weighted by Crippen LogP contribution is 2.27. The first-order valence-corrected chi connectivity index (χ1v) is 9.37. The molecule has 0 aliphatic heterocycles. The Morgan fingerprint density at radius 3 is 2.80 bits per heavy atom. The number of fused-ring (bicyclic) bond motifs is 1. The van der Waals surface area contributed by atoms with Crippen molar-refractivity contribution in [2.75, 3.05) is 5.32 Å². The SMILES string of the molecule is Cc1cc2c(C(N)=O)cccn2c1-c1nccc(NCc2cccc(B(O)O)c2)n1. The summed E-state index contributed by atoms with van der Waals surface area (Å²) in [4.78, 5) is 20.8. The number of carbonyl (C=O) groups excluding carboxylic acids is 1. The third-order valence-corrected chi connectivity index (χ3v) is 4.86. The fourth-order valence-corrected chi connectivity index (χ4v) is 3.45. The number of aromatic nitrogens is 3. The molecule has 1 aromatic carbocycles. The number of rotatable bonds is 6. The lowest BCUT2D eigenvalue weighted by atomic mass is 9.80. The second kappa shape index (κ2) is 7.98. The minimum absolute atomic E-state index is 0.429. The van der Waals surface area contributed by atoms with Gasteiger partial charge in [-0.05, 0) is 47.8 Å². The summed E-state index contributed by atoms with van der Waals surface area (Å²) < 4.78 is 1.86. The molecule has 30 heavy (non-hydrogen) atoms. The zero-order chi connectivity index (χ0) is 21.3. The molecule has 0 spiro atoms. The summed E-state index contributed by atoms with van der Waals surface area (Å²) in [6.07, 6.45) is 3.51. The largest absolute Gasteiger partial charge is 0.488 e. The topological polar surface area (TPSA) is 126 Å². The molecule has 1 amide bonds. The van der Waals surface area contributed by atoms with Crippen molar-refractivity contribution >= 4 is 29.8 Å². The molecule has 0 saturated carbocycles. The zero-order valence-electron chi connectivity index (χ0n) is 16.3. The summed E-state index contributed by atoms with van der Waals surface area (Å²) in [7, 11) is -1.51. The van der Waals surface area contributed by atoms with Crippen LogP contribution in [0.2, 0.25) is 0 Å². The zero-order valence-corrected chi connectivity index (χ0v) is 16.3. The molecule has 0 saturated heterocycles. The second-order valence-electron chi connectivity index (χ2n) is 6.96. The van der Waals surface area contributed by atoms with E-state index in [1.807, 2.05) is 29.7 Å². The van der Waals surface area contributed by atoms with E-state index in [9.17, 15) is 14.8 Å². The molecule has 0 bridgehead atoms. The smallest absolute Gasteiger partial charge is 0.423 e. The Hall–Kier alpha value is -3.69. The van der Waals surface area contributed by atoms with Crippen molar-refractivity contribution in [1.82, 2.24) is 14.4 Å². The molecule has 0 radical (unpaired) electrons. The van der Waals surface area contributed by atoms with Crippen LogP contribution in [0.5, 0.6) is 0 Å². The fourth-order valence-electron chi connectivity index (χ4n) is 3.45. The second-order valence-corrected chi connectivity index (χ2v) is 6.96. The highest BCUT2D eigenvalue weighted by atomic mass is 16.4. The van der Waals surface area contributed by atoms with E-state index in [0.29, 0.717) is 34.7 Å². The van der Waals surface area contributed by atoms with Gasteiger partial charge in [-0.2, -0.15) is 0 Å². The molecule has 3 aromatic heterocycles. The number of nitrogens with two attached hydrogens (primary N) is 1. The predicted octanol–water partition coefficient (Wildman–Crippen LogP) is 1.10. The molecule has 3 heterocycles. The summed E-state index contributed by atoms with van der Waals surface area (Å²) in [5.41, 5.74) is 9.66. The molecule has 0 aliphatic carbocycles. The number of amides is 1. The van der Waals surface area contributed by atoms with Crippen LogP contribution in [0.4, 0.5) is 5.82 Å². The number of nitrogens with zero attached hydrogens (tertiary/aromatic N) is 3. The summed E-state index contributed by atoms with van der Waals surface area (Å²) >= 11 is 0. The highest BCUT2D eigenvalue weighted by Gasteiger charge is 2.16. The van der Waals surface area contributed by atoms with Gasteiger partial charge in [0.05, 0.1) is 16.8 Å². The Labute approximate surface area is 173 Å². The number of hydrogen-bond acceptors (Lipinski definition) is 6. The summed E-state index contributed by atoms with van der Waals surface area (Å²) in [6, 6.07) is 14.1. The minimum Gasteiger partial charge on any atom is -0.423 e. The van der Waals surface area contributed by atoms with E-state index < -0.39 is 13.0 Å². The van der Waals surface area contributed by atoms with Gasteiger partial charge in [0.15, 0.2) is 5.82 Å². The van der Waals surface area contributed by atoms with Crippen LogP contribution in [-0.4, -0.2) is 37.4 Å². The Morgan fingerprint density at radius 2 is 2.03 bits per heavy atom. The summed E-state index contributed by atoms with van der Waals surface area (Å²) in [5, 5.41) is 21.9. The average Bonchev–Trinajstić information content (AvgIpc) is 3.08. The molecular weight excluding hydrogens is 381 g/mol. The van der Waals surface area contributed by atoms with Crippen molar-refractivity contribution in [2.45, 2.75) is 13.5 Å². The standard InChI is InChI=1S/C21H20BN5O3/c1-13-10-17-16(20(23)28)6-3-9-27(17)19(13)21-24-8-7-18(26-21)25-12-14-4-2-5-15(11-14)22(29)30/h2-11,29-30H,12H2,1H3,(H2,23,28)(H,24,25,26). The van der Waals surface area contributed by atoms with Gasteiger partial charge in [0.1, 0.15) is 5.82 Å². The maximum absolute atomic E-state index is 11.7. The maximum Gasteiger partial charge on any atom is 0.488 e. The molecule has 4 aromatic rings. The number of benzene rings is 1. The van der Waals surface area contributed by atoms with Crippen LogP contribution in [0.3, 0.4) is 0 Å². The van der Waals surface area contributed by atoms with Gasteiger partial charge in [0, 0.05) is 18.9 Å². The fraction of sp³-hybridized carbons (Fsp3) is 0.0952. The van der Waals surface area contributed by atoms with Crippen molar-refractivity contribution in [3.8, 4) is 11.5 Å². The van der Waals surface area contributed by atoms with E-state index in [0.717, 1.165) is 16.8 Å². The number of aryl methyl sites for hydroxylation is 1. The number of nitrogens with one attached hydrogen (secondary N) is 1. The first-order valence-electron chi connectivity index (χ1n) is 9.37. The van der Waals surface area contributed by atoms with Crippen LogP contribution in [-0.2, 0) is 6.54 Å². The maximum atomic E-state index is 11.7. The van der Waals surface area contributed by atoms with Crippen LogP contribution in [0, 0.1) is 6.92 Å². The van der Waals surface area contributed by atoms with Gasteiger partial charge < -0.3 is 25.5 Å². The van der Waals surface area contributed by atoms with E-state index in [4.69, 9.17) is 5.73 Å². The van der Waals surface area contributed by atoms with Gasteiger partial charge in [0.25, 0.3) is 5.91 Å². The first kappa shape index (κ1) is 19.6. The van der Waals surface area contributed by atoms with Crippen LogP contribution in [0.25, 0.3) is 17.0 Å². The van der Waals surface area contributed by atoms with Crippen molar-refractivity contribution in [1.29, 1.82) is 0 Å². The third kappa shape index (κ3) is 3.76.